The van der Waals surface area contributed by atoms with E-state index in [1.165, 1.54) is 0 Å². The molecule has 9 heteroatoms. The lowest BCUT2D eigenvalue weighted by molar-refractivity contribution is -0.129. The van der Waals surface area contributed by atoms with Crippen molar-refractivity contribution in [3.63, 3.8) is 0 Å². The number of nitrogens with zero attached hydrogens (tertiary/aromatic N) is 1. The fourth-order valence-corrected chi connectivity index (χ4v) is 4.34. The molecular weight excluding hydrogens is 508 g/mol. The number of nitrogens with one attached hydrogen (secondary N) is 2. The van der Waals surface area contributed by atoms with E-state index in [9.17, 15) is 9.90 Å². The molecule has 0 aliphatic heterocycles. The first-order chi connectivity index (χ1) is 19.2. The number of aliphatic hydroxyl groups excluding tert-OH is 1. The van der Waals surface area contributed by atoms with Gasteiger partial charge in [-0.15, -0.1) is 0 Å². The van der Waals surface area contributed by atoms with E-state index in [4.69, 9.17) is 19.9 Å². The smallest absolute Gasteiger partial charge is 0.225 e. The quantitative estimate of drug-likeness (QED) is 0.179. The maximum Gasteiger partial charge on any atom is 0.225 e. The van der Waals surface area contributed by atoms with E-state index in [2.05, 4.69) is 29.5 Å². The number of aliphatic hydroxyl groups is 1. The van der Waals surface area contributed by atoms with Gasteiger partial charge < -0.3 is 35.7 Å². The van der Waals surface area contributed by atoms with Crippen LogP contribution < -0.4 is 21.1 Å². The van der Waals surface area contributed by atoms with E-state index in [-0.39, 0.29) is 23.9 Å². The summed E-state index contributed by atoms with van der Waals surface area (Å²) >= 11 is 0. The van der Waals surface area contributed by atoms with Crippen molar-refractivity contribution >= 4 is 11.6 Å². The molecule has 0 aliphatic carbocycles. The number of amides is 1. The Morgan fingerprint density at radius 3 is 2.55 bits per heavy atom. The third kappa shape index (κ3) is 12.2. The Kier molecular flexibility index (Phi) is 15.6. The molecule has 1 aromatic carbocycles. The maximum atomic E-state index is 13.2. The molecule has 40 heavy (non-hydrogen) atoms. The zero-order valence-corrected chi connectivity index (χ0v) is 24.9. The summed E-state index contributed by atoms with van der Waals surface area (Å²) < 4.78 is 16.8. The molecule has 0 fully saturated rings. The third-order valence-electron chi connectivity index (χ3n) is 7.24. The fourth-order valence-electron chi connectivity index (χ4n) is 4.34. The second kappa shape index (κ2) is 18.6. The minimum atomic E-state index is -0.784. The molecule has 1 amide bonds. The van der Waals surface area contributed by atoms with Gasteiger partial charge >= 0.3 is 0 Å². The van der Waals surface area contributed by atoms with Crippen molar-refractivity contribution in [2.24, 2.45) is 17.6 Å². The Balaban J connectivity index is 1.82. The highest BCUT2D eigenvalue weighted by Crippen LogP contribution is 2.21. The van der Waals surface area contributed by atoms with Gasteiger partial charge in [0.05, 0.1) is 31.8 Å². The number of anilines is 1. The predicted octanol–water partition coefficient (Wildman–Crippen LogP) is 4.07. The van der Waals surface area contributed by atoms with Crippen molar-refractivity contribution in [1.29, 1.82) is 0 Å². The van der Waals surface area contributed by atoms with Crippen LogP contribution in [0, 0.1) is 18.8 Å². The summed E-state index contributed by atoms with van der Waals surface area (Å²) in [7, 11) is 1.68. The Hall–Kier alpha value is -2.72. The van der Waals surface area contributed by atoms with E-state index >= 15 is 0 Å². The minimum absolute atomic E-state index is 0.0766. The summed E-state index contributed by atoms with van der Waals surface area (Å²) in [5.74, 6) is 0.414. The van der Waals surface area contributed by atoms with Gasteiger partial charge in [-0.25, -0.2) is 0 Å². The molecule has 0 spiro atoms. The molecule has 9 nitrogen and oxygen atoms in total. The molecule has 0 radical (unpaired) electrons. The molecule has 4 unspecified atom stereocenters. The molecule has 0 bridgehead atoms. The van der Waals surface area contributed by atoms with Crippen molar-refractivity contribution in [1.82, 2.24) is 10.3 Å². The van der Waals surface area contributed by atoms with Crippen molar-refractivity contribution in [3.05, 3.63) is 53.9 Å². The van der Waals surface area contributed by atoms with Gasteiger partial charge in [0.25, 0.3) is 0 Å². The number of carbonyl (C=O) groups is 1. The van der Waals surface area contributed by atoms with Gasteiger partial charge in [-0.1, -0.05) is 32.4 Å². The van der Waals surface area contributed by atoms with Crippen molar-refractivity contribution in [3.8, 4) is 5.75 Å². The number of methoxy groups -OCH3 is 1. The molecule has 5 N–H and O–H groups in total. The molecule has 0 saturated carbocycles. The highest BCUT2D eigenvalue weighted by Gasteiger charge is 2.28. The second-order valence-electron chi connectivity index (χ2n) is 10.6. The SMILES string of the molecule is CCC(C)C(CNc1ccncc1)NC(=O)[C@@H](CCC(N)COCc1ccc(C)c(OCCCOC)c1)C(C)O. The number of hydrogen-bond acceptors (Lipinski definition) is 8. The van der Waals surface area contributed by atoms with Crippen molar-refractivity contribution in [2.75, 3.05) is 38.8 Å². The monoisotopic (exact) mass is 558 g/mol. The van der Waals surface area contributed by atoms with Crippen LogP contribution in [-0.2, 0) is 20.9 Å². The first-order valence-electron chi connectivity index (χ1n) is 14.4. The van der Waals surface area contributed by atoms with E-state index in [0.29, 0.717) is 45.8 Å². The summed E-state index contributed by atoms with van der Waals surface area (Å²) in [6.07, 6.45) is 5.47. The number of aryl methyl sites for hydroxylation is 1. The van der Waals surface area contributed by atoms with E-state index < -0.39 is 12.0 Å². The average molecular weight is 559 g/mol. The van der Waals surface area contributed by atoms with Crippen molar-refractivity contribution in [2.45, 2.75) is 78.2 Å². The Morgan fingerprint density at radius 1 is 1.12 bits per heavy atom. The van der Waals surface area contributed by atoms with Crippen LogP contribution in [0.1, 0.15) is 57.6 Å². The molecule has 5 atom stereocenters. The Morgan fingerprint density at radius 2 is 1.88 bits per heavy atom. The normalized spacial score (nSPS) is 15.1. The number of aromatic nitrogens is 1. The lowest BCUT2D eigenvalue weighted by Gasteiger charge is -2.29. The zero-order valence-electron chi connectivity index (χ0n) is 24.9. The highest BCUT2D eigenvalue weighted by atomic mass is 16.5. The maximum absolute atomic E-state index is 13.2. The van der Waals surface area contributed by atoms with Gasteiger partial charge in [0, 0.05) is 56.8 Å². The van der Waals surface area contributed by atoms with Crippen LogP contribution in [0.2, 0.25) is 0 Å². The molecule has 0 aliphatic rings. The molecule has 224 valence electrons. The van der Waals surface area contributed by atoms with Gasteiger partial charge in [0.1, 0.15) is 5.75 Å². The van der Waals surface area contributed by atoms with E-state index in [1.807, 2.05) is 37.3 Å². The van der Waals surface area contributed by atoms with Crippen LogP contribution in [0.3, 0.4) is 0 Å². The van der Waals surface area contributed by atoms with Gasteiger partial charge in [-0.2, -0.15) is 0 Å². The van der Waals surface area contributed by atoms with Gasteiger partial charge in [-0.05, 0) is 61.9 Å². The summed E-state index contributed by atoms with van der Waals surface area (Å²) in [5.41, 5.74) is 9.36. The summed E-state index contributed by atoms with van der Waals surface area (Å²) in [6, 6.07) is 9.51. The number of benzene rings is 1. The number of pyridine rings is 1. The topological polar surface area (TPSA) is 128 Å². The van der Waals surface area contributed by atoms with Gasteiger partial charge in [0.15, 0.2) is 0 Å². The van der Waals surface area contributed by atoms with Crippen LogP contribution in [0.15, 0.2) is 42.7 Å². The zero-order chi connectivity index (χ0) is 29.3. The fraction of sp³-hybridized carbons (Fsp3) is 0.613. The molecule has 1 aromatic heterocycles. The molecule has 0 saturated heterocycles. The standard InChI is InChI=1S/C31H50N4O5/c1-6-22(2)29(19-34-27-12-14-33-15-13-27)35-31(37)28(24(4)36)11-10-26(32)21-39-20-25-9-8-23(3)30(18-25)40-17-7-16-38-5/h8-9,12-15,18,22,24,26,28-29,36H,6-7,10-11,16-17,19-21,32H2,1-5H3,(H,33,34)(H,35,37)/t22?,24?,26?,28-,29?/m0/s1. The third-order valence-corrected chi connectivity index (χ3v) is 7.24. The lowest BCUT2D eigenvalue weighted by atomic mass is 9.92. The Bertz CT molecular complexity index is 975. The summed E-state index contributed by atoms with van der Waals surface area (Å²) in [5, 5.41) is 16.9. The predicted molar refractivity (Wildman–Crippen MR) is 159 cm³/mol. The summed E-state index contributed by atoms with van der Waals surface area (Å²) in [4.78, 5) is 17.2. The van der Waals surface area contributed by atoms with Crippen LogP contribution in [0.5, 0.6) is 5.75 Å². The number of ether oxygens (including phenoxy) is 3. The first-order valence-corrected chi connectivity index (χ1v) is 14.4. The number of nitrogens with two attached hydrogens (primary N) is 1. The van der Waals surface area contributed by atoms with Gasteiger partial charge in [-0.3, -0.25) is 9.78 Å². The number of hydrogen-bond donors (Lipinski definition) is 4. The van der Waals surface area contributed by atoms with Crippen LogP contribution in [-0.4, -0.2) is 67.7 Å². The lowest BCUT2D eigenvalue weighted by Crippen LogP contribution is -2.48. The largest absolute Gasteiger partial charge is 0.493 e. The summed E-state index contributed by atoms with van der Waals surface area (Å²) in [6.45, 7) is 10.5. The van der Waals surface area contributed by atoms with Crippen LogP contribution in [0.25, 0.3) is 0 Å². The molecular formula is C31H50N4O5. The number of carbonyl (C=O) groups excluding carboxylic acids is 1. The van der Waals surface area contributed by atoms with E-state index in [0.717, 1.165) is 35.4 Å². The number of rotatable bonds is 20. The van der Waals surface area contributed by atoms with Gasteiger partial charge in [0.2, 0.25) is 5.91 Å². The van der Waals surface area contributed by atoms with Crippen LogP contribution in [0.4, 0.5) is 5.69 Å². The average Bonchev–Trinajstić information content (AvgIpc) is 2.94. The van der Waals surface area contributed by atoms with Crippen molar-refractivity contribution < 1.29 is 24.1 Å². The minimum Gasteiger partial charge on any atom is -0.493 e. The first kappa shape index (κ1) is 33.5. The Labute approximate surface area is 240 Å². The van der Waals surface area contributed by atoms with E-state index in [1.54, 1.807) is 26.4 Å². The molecule has 1 heterocycles. The molecule has 2 aromatic rings. The second-order valence-corrected chi connectivity index (χ2v) is 10.6. The molecule has 2 rings (SSSR count). The highest BCUT2D eigenvalue weighted by molar-refractivity contribution is 5.79. The van der Waals surface area contributed by atoms with Crippen LogP contribution >= 0.6 is 0 Å².